The van der Waals surface area contributed by atoms with Crippen LogP contribution >= 0.6 is 11.3 Å². The summed E-state index contributed by atoms with van der Waals surface area (Å²) in [6.07, 6.45) is 3.96. The smallest absolute Gasteiger partial charge is 0.0445 e. The first-order valence-electron chi connectivity index (χ1n) is 6.81. The third-order valence-electron chi connectivity index (χ3n) is 3.63. The minimum Gasteiger partial charge on any atom is -0.314 e. The Bertz CT molecular complexity index is 329. The van der Waals surface area contributed by atoms with Crippen LogP contribution in [-0.2, 0) is 0 Å². The zero-order valence-corrected chi connectivity index (χ0v) is 11.9. The summed E-state index contributed by atoms with van der Waals surface area (Å²) >= 11 is 1.94. The van der Waals surface area contributed by atoms with Gasteiger partial charge in [-0.25, -0.2) is 0 Å². The summed E-state index contributed by atoms with van der Waals surface area (Å²) in [6.45, 7) is 9.24. The topological polar surface area (TPSA) is 15.3 Å². The van der Waals surface area contributed by atoms with Crippen molar-refractivity contribution < 1.29 is 0 Å². The molecule has 0 aliphatic carbocycles. The van der Waals surface area contributed by atoms with Crippen molar-refractivity contribution in [1.29, 1.82) is 0 Å². The van der Waals surface area contributed by atoms with E-state index in [9.17, 15) is 0 Å². The van der Waals surface area contributed by atoms with Gasteiger partial charge in [-0.15, -0.1) is 11.3 Å². The Morgan fingerprint density at radius 2 is 2.18 bits per heavy atom. The lowest BCUT2D eigenvalue weighted by Gasteiger charge is -2.35. The van der Waals surface area contributed by atoms with E-state index in [4.69, 9.17) is 0 Å². The number of thiophene rings is 1. The van der Waals surface area contributed by atoms with E-state index < -0.39 is 0 Å². The standard InChI is InChI=1S/C14H24N2S/c1-3-4-5-13(14-12(2)6-11-17-14)16-9-7-15-8-10-16/h6,11,13,15H,3-5,7-10H2,1-2H3. The van der Waals surface area contributed by atoms with Gasteiger partial charge in [-0.1, -0.05) is 19.8 Å². The van der Waals surface area contributed by atoms with Crippen LogP contribution in [0.3, 0.4) is 0 Å². The van der Waals surface area contributed by atoms with E-state index in [1.807, 2.05) is 11.3 Å². The molecule has 96 valence electrons. The Morgan fingerprint density at radius 3 is 2.76 bits per heavy atom. The Balaban J connectivity index is 2.09. The number of aryl methyl sites for hydroxylation is 1. The lowest BCUT2D eigenvalue weighted by atomic mass is 10.0. The third-order valence-corrected chi connectivity index (χ3v) is 4.75. The van der Waals surface area contributed by atoms with Gasteiger partial charge in [-0.3, -0.25) is 4.90 Å². The molecule has 17 heavy (non-hydrogen) atoms. The van der Waals surface area contributed by atoms with Gasteiger partial charge in [0, 0.05) is 37.1 Å². The normalized spacial score (nSPS) is 19.4. The summed E-state index contributed by atoms with van der Waals surface area (Å²) in [4.78, 5) is 4.27. The second-order valence-electron chi connectivity index (χ2n) is 4.91. The summed E-state index contributed by atoms with van der Waals surface area (Å²) in [5.41, 5.74) is 1.48. The molecule has 2 nitrogen and oxygen atoms in total. The molecule has 1 N–H and O–H groups in total. The molecule has 2 rings (SSSR count). The lowest BCUT2D eigenvalue weighted by molar-refractivity contribution is 0.165. The van der Waals surface area contributed by atoms with E-state index in [1.165, 1.54) is 37.9 Å². The summed E-state index contributed by atoms with van der Waals surface area (Å²) in [7, 11) is 0. The Kier molecular flexibility index (Phi) is 5.01. The first-order chi connectivity index (χ1) is 8.33. The van der Waals surface area contributed by atoms with E-state index in [0.29, 0.717) is 6.04 Å². The molecule has 0 bridgehead atoms. The van der Waals surface area contributed by atoms with Gasteiger partial charge < -0.3 is 5.32 Å². The average molecular weight is 252 g/mol. The van der Waals surface area contributed by atoms with E-state index in [-0.39, 0.29) is 0 Å². The molecular weight excluding hydrogens is 228 g/mol. The van der Waals surface area contributed by atoms with Gasteiger partial charge >= 0.3 is 0 Å². The van der Waals surface area contributed by atoms with Crippen LogP contribution in [0.2, 0.25) is 0 Å². The highest BCUT2D eigenvalue weighted by Crippen LogP contribution is 2.32. The van der Waals surface area contributed by atoms with E-state index >= 15 is 0 Å². The van der Waals surface area contributed by atoms with Crippen molar-refractivity contribution in [3.63, 3.8) is 0 Å². The lowest BCUT2D eigenvalue weighted by Crippen LogP contribution is -2.45. The number of hydrogen-bond donors (Lipinski definition) is 1. The van der Waals surface area contributed by atoms with Crippen molar-refractivity contribution in [2.75, 3.05) is 26.2 Å². The van der Waals surface area contributed by atoms with Gasteiger partial charge in [0.05, 0.1) is 0 Å². The van der Waals surface area contributed by atoms with E-state index in [1.54, 1.807) is 4.88 Å². The molecule has 3 heteroatoms. The second-order valence-corrected chi connectivity index (χ2v) is 5.86. The maximum absolute atomic E-state index is 3.45. The molecule has 0 spiro atoms. The molecule has 0 radical (unpaired) electrons. The van der Waals surface area contributed by atoms with Crippen LogP contribution in [0, 0.1) is 6.92 Å². The SMILES string of the molecule is CCCCC(c1sccc1C)N1CCNCC1. The number of unbranched alkanes of at least 4 members (excludes halogenated alkanes) is 1. The van der Waals surface area contributed by atoms with Gasteiger partial charge in [0.15, 0.2) is 0 Å². The quantitative estimate of drug-likeness (QED) is 0.866. The van der Waals surface area contributed by atoms with Crippen LogP contribution < -0.4 is 5.32 Å². The highest BCUT2D eigenvalue weighted by Gasteiger charge is 2.23. The number of nitrogens with one attached hydrogen (secondary N) is 1. The van der Waals surface area contributed by atoms with Crippen molar-refractivity contribution >= 4 is 11.3 Å². The number of hydrogen-bond acceptors (Lipinski definition) is 3. The van der Waals surface area contributed by atoms with Crippen LogP contribution in [0.4, 0.5) is 0 Å². The molecule has 1 aromatic rings. The van der Waals surface area contributed by atoms with Gasteiger partial charge in [-0.05, 0) is 30.4 Å². The molecule has 1 aliphatic rings. The van der Waals surface area contributed by atoms with Crippen molar-refractivity contribution in [1.82, 2.24) is 10.2 Å². The maximum atomic E-state index is 3.45. The second kappa shape index (κ2) is 6.53. The van der Waals surface area contributed by atoms with Gasteiger partial charge in [0.25, 0.3) is 0 Å². The fraction of sp³-hybridized carbons (Fsp3) is 0.714. The van der Waals surface area contributed by atoms with Gasteiger partial charge in [0.2, 0.25) is 0 Å². The average Bonchev–Trinajstić information content (AvgIpc) is 2.78. The van der Waals surface area contributed by atoms with Crippen LogP contribution in [0.25, 0.3) is 0 Å². The molecule has 1 saturated heterocycles. The molecule has 0 aromatic carbocycles. The van der Waals surface area contributed by atoms with Crippen LogP contribution in [0.5, 0.6) is 0 Å². The van der Waals surface area contributed by atoms with E-state index in [0.717, 1.165) is 13.1 Å². The first-order valence-corrected chi connectivity index (χ1v) is 7.69. The maximum Gasteiger partial charge on any atom is 0.0445 e. The van der Waals surface area contributed by atoms with Gasteiger partial charge in [0.1, 0.15) is 0 Å². The summed E-state index contributed by atoms with van der Waals surface area (Å²) < 4.78 is 0. The minimum atomic E-state index is 0.664. The number of nitrogens with zero attached hydrogens (tertiary/aromatic N) is 1. The molecular formula is C14H24N2S. The number of rotatable bonds is 5. The monoisotopic (exact) mass is 252 g/mol. The summed E-state index contributed by atoms with van der Waals surface area (Å²) in [5, 5.41) is 5.69. The molecule has 1 aromatic heterocycles. The van der Waals surface area contributed by atoms with Gasteiger partial charge in [-0.2, -0.15) is 0 Å². The third kappa shape index (κ3) is 3.30. The van der Waals surface area contributed by atoms with Crippen LogP contribution in [0.1, 0.15) is 42.7 Å². The molecule has 2 heterocycles. The highest BCUT2D eigenvalue weighted by atomic mass is 32.1. The van der Waals surface area contributed by atoms with Crippen molar-refractivity contribution in [3.8, 4) is 0 Å². The first kappa shape index (κ1) is 13.1. The van der Waals surface area contributed by atoms with Crippen molar-refractivity contribution in [3.05, 3.63) is 21.9 Å². The Morgan fingerprint density at radius 1 is 1.41 bits per heavy atom. The molecule has 1 atom stereocenters. The largest absolute Gasteiger partial charge is 0.314 e. The van der Waals surface area contributed by atoms with Crippen LogP contribution in [-0.4, -0.2) is 31.1 Å². The van der Waals surface area contributed by atoms with Crippen LogP contribution in [0.15, 0.2) is 11.4 Å². The predicted octanol–water partition coefficient (Wildman–Crippen LogP) is 3.19. The van der Waals surface area contributed by atoms with E-state index in [2.05, 4.69) is 35.5 Å². The zero-order valence-electron chi connectivity index (χ0n) is 11.0. The number of piperazine rings is 1. The molecule has 1 fully saturated rings. The summed E-state index contributed by atoms with van der Waals surface area (Å²) in [5.74, 6) is 0. The molecule has 0 amide bonds. The zero-order chi connectivity index (χ0) is 12.1. The molecule has 0 saturated carbocycles. The van der Waals surface area contributed by atoms with Crippen molar-refractivity contribution in [2.24, 2.45) is 0 Å². The Hall–Kier alpha value is -0.380. The van der Waals surface area contributed by atoms with Crippen molar-refractivity contribution in [2.45, 2.75) is 39.2 Å². The predicted molar refractivity (Wildman–Crippen MR) is 75.8 cm³/mol. The molecule has 1 aliphatic heterocycles. The fourth-order valence-corrected chi connectivity index (χ4v) is 3.69. The minimum absolute atomic E-state index is 0.664. The summed E-state index contributed by atoms with van der Waals surface area (Å²) in [6, 6.07) is 2.93. The fourth-order valence-electron chi connectivity index (χ4n) is 2.60. The Labute approximate surface area is 109 Å². The highest BCUT2D eigenvalue weighted by molar-refractivity contribution is 7.10. The molecule has 1 unspecified atom stereocenters.